The van der Waals surface area contributed by atoms with Crippen LogP contribution in [0.3, 0.4) is 0 Å². The van der Waals surface area contributed by atoms with E-state index in [4.69, 9.17) is 0 Å². The lowest BCUT2D eigenvalue weighted by molar-refractivity contribution is 0.0841. The second-order valence-corrected chi connectivity index (χ2v) is 8.96. The Balaban J connectivity index is 1.42. The van der Waals surface area contributed by atoms with Crippen LogP contribution in [0.1, 0.15) is 65.6 Å². The Hall–Kier alpha value is -2.16. The van der Waals surface area contributed by atoms with E-state index in [2.05, 4.69) is 22.4 Å². The lowest BCUT2D eigenvalue weighted by Crippen LogP contribution is -2.51. The number of rotatable bonds is 5. The van der Waals surface area contributed by atoms with E-state index in [0.717, 1.165) is 56.4 Å². The Morgan fingerprint density at radius 2 is 2.07 bits per heavy atom. The number of benzene rings is 1. The molecule has 4 nitrogen and oxygen atoms in total. The van der Waals surface area contributed by atoms with E-state index in [1.165, 1.54) is 30.4 Å². The van der Waals surface area contributed by atoms with Gasteiger partial charge in [0, 0.05) is 30.6 Å². The van der Waals surface area contributed by atoms with Crippen molar-refractivity contribution in [2.45, 2.75) is 57.0 Å². The van der Waals surface area contributed by atoms with Crippen molar-refractivity contribution < 1.29 is 4.79 Å². The summed E-state index contributed by atoms with van der Waals surface area (Å²) in [4.78, 5) is 15.2. The van der Waals surface area contributed by atoms with Gasteiger partial charge in [0.2, 0.25) is 0 Å². The predicted molar refractivity (Wildman–Crippen MR) is 112 cm³/mol. The van der Waals surface area contributed by atoms with Crippen molar-refractivity contribution in [3.05, 3.63) is 57.3 Å². The number of nitrogens with zero attached hydrogens (tertiary/aromatic N) is 2. The number of hydrogen-bond donors (Lipinski definition) is 1. The topological polar surface area (TPSA) is 56.1 Å². The highest BCUT2D eigenvalue weighted by molar-refractivity contribution is 7.08. The van der Waals surface area contributed by atoms with Gasteiger partial charge in [-0.2, -0.15) is 16.6 Å². The highest BCUT2D eigenvalue weighted by Crippen LogP contribution is 2.32. The summed E-state index contributed by atoms with van der Waals surface area (Å²) in [5, 5.41) is 16.5. The Labute approximate surface area is 171 Å². The molecule has 4 rings (SSSR count). The highest BCUT2D eigenvalue weighted by Gasteiger charge is 2.34. The molecule has 1 fully saturated rings. The second-order valence-electron chi connectivity index (χ2n) is 8.18. The number of hydrogen-bond acceptors (Lipinski definition) is 4. The zero-order chi connectivity index (χ0) is 19.4. The SMILES string of the molecule is N#Cc1ccc2c(c1)CN(CCC1(NC(=O)c3ccsc3)CCCCC1)CC2. The monoisotopic (exact) mass is 393 g/mol. The van der Waals surface area contributed by atoms with E-state index in [-0.39, 0.29) is 11.4 Å². The Kier molecular flexibility index (Phi) is 5.79. The van der Waals surface area contributed by atoms with Crippen LogP contribution in [0.2, 0.25) is 0 Å². The summed E-state index contributed by atoms with van der Waals surface area (Å²) in [6.45, 7) is 2.94. The summed E-state index contributed by atoms with van der Waals surface area (Å²) < 4.78 is 0. The van der Waals surface area contributed by atoms with Gasteiger partial charge in [0.05, 0.1) is 17.2 Å². The van der Waals surface area contributed by atoms with Crippen molar-refractivity contribution in [2.75, 3.05) is 13.1 Å². The minimum absolute atomic E-state index is 0.0748. The maximum absolute atomic E-state index is 12.7. The van der Waals surface area contributed by atoms with Crippen LogP contribution >= 0.6 is 11.3 Å². The molecular formula is C23H27N3OS. The molecule has 1 N–H and O–H groups in total. The van der Waals surface area contributed by atoms with Crippen LogP contribution in [-0.2, 0) is 13.0 Å². The summed E-state index contributed by atoms with van der Waals surface area (Å²) in [6.07, 6.45) is 7.84. The van der Waals surface area contributed by atoms with Crippen molar-refractivity contribution in [2.24, 2.45) is 0 Å². The third kappa shape index (κ3) is 4.29. The number of thiophene rings is 1. The third-order valence-corrected chi connectivity index (χ3v) is 6.99. The van der Waals surface area contributed by atoms with Crippen LogP contribution < -0.4 is 5.32 Å². The van der Waals surface area contributed by atoms with Crippen LogP contribution in [0, 0.1) is 11.3 Å². The Morgan fingerprint density at radius 3 is 2.82 bits per heavy atom. The molecule has 0 bridgehead atoms. The standard InChI is InChI=1S/C23H27N3OS/c24-15-18-4-5-19-6-11-26(16-21(19)14-18)12-10-23(8-2-1-3-9-23)25-22(27)20-7-13-28-17-20/h4-5,7,13-14,17H,1-3,6,8-12,16H2,(H,25,27). The third-order valence-electron chi connectivity index (χ3n) is 6.31. The average Bonchev–Trinajstić information content (AvgIpc) is 3.27. The molecule has 1 amide bonds. The van der Waals surface area contributed by atoms with Gasteiger partial charge in [-0.25, -0.2) is 0 Å². The summed E-state index contributed by atoms with van der Waals surface area (Å²) >= 11 is 1.57. The van der Waals surface area contributed by atoms with Crippen molar-refractivity contribution in [3.63, 3.8) is 0 Å². The first-order valence-electron chi connectivity index (χ1n) is 10.3. The summed E-state index contributed by atoms with van der Waals surface area (Å²) in [7, 11) is 0. The molecule has 2 aromatic rings. The van der Waals surface area contributed by atoms with Gasteiger partial charge in [-0.05, 0) is 60.4 Å². The number of nitriles is 1. The first-order chi connectivity index (χ1) is 13.7. The molecule has 0 atom stereocenters. The highest BCUT2D eigenvalue weighted by atomic mass is 32.1. The molecule has 2 aliphatic rings. The lowest BCUT2D eigenvalue weighted by atomic mass is 9.78. The first-order valence-corrected chi connectivity index (χ1v) is 11.2. The van der Waals surface area contributed by atoms with E-state index in [1.54, 1.807) is 11.3 Å². The molecule has 5 heteroatoms. The molecule has 1 aliphatic heterocycles. The number of nitrogens with one attached hydrogen (secondary N) is 1. The van der Waals surface area contributed by atoms with Gasteiger partial charge >= 0.3 is 0 Å². The van der Waals surface area contributed by atoms with E-state index < -0.39 is 0 Å². The zero-order valence-electron chi connectivity index (χ0n) is 16.2. The molecule has 1 aromatic carbocycles. The average molecular weight is 394 g/mol. The number of carbonyl (C=O) groups is 1. The smallest absolute Gasteiger partial charge is 0.252 e. The fourth-order valence-electron chi connectivity index (χ4n) is 4.62. The molecule has 28 heavy (non-hydrogen) atoms. The van der Waals surface area contributed by atoms with Crippen LogP contribution in [0.15, 0.2) is 35.0 Å². The molecule has 1 aliphatic carbocycles. The number of amides is 1. The van der Waals surface area contributed by atoms with Gasteiger partial charge in [0.1, 0.15) is 0 Å². The summed E-state index contributed by atoms with van der Waals surface area (Å²) in [6, 6.07) is 10.2. The first kappa shape index (κ1) is 19.2. The van der Waals surface area contributed by atoms with Crippen molar-refractivity contribution in [3.8, 4) is 6.07 Å². The zero-order valence-corrected chi connectivity index (χ0v) is 17.1. The largest absolute Gasteiger partial charge is 0.347 e. The van der Waals surface area contributed by atoms with Gasteiger partial charge in [-0.3, -0.25) is 9.69 Å². The van der Waals surface area contributed by atoms with Crippen molar-refractivity contribution in [1.29, 1.82) is 5.26 Å². The quantitative estimate of drug-likeness (QED) is 0.814. The van der Waals surface area contributed by atoms with E-state index in [9.17, 15) is 10.1 Å². The van der Waals surface area contributed by atoms with E-state index in [0.29, 0.717) is 0 Å². The Bertz CT molecular complexity index is 862. The lowest BCUT2D eigenvalue weighted by Gasteiger charge is -2.40. The van der Waals surface area contributed by atoms with Gasteiger partial charge in [0.15, 0.2) is 0 Å². The molecule has 146 valence electrons. The predicted octanol–water partition coefficient (Wildman–Crippen LogP) is 4.50. The van der Waals surface area contributed by atoms with Crippen LogP contribution in [-0.4, -0.2) is 29.4 Å². The molecule has 0 saturated heterocycles. The molecule has 1 aromatic heterocycles. The van der Waals surface area contributed by atoms with Crippen molar-refractivity contribution in [1.82, 2.24) is 10.2 Å². The Morgan fingerprint density at radius 1 is 1.21 bits per heavy atom. The maximum Gasteiger partial charge on any atom is 0.252 e. The molecule has 0 spiro atoms. The maximum atomic E-state index is 12.7. The van der Waals surface area contributed by atoms with E-state index in [1.807, 2.05) is 29.0 Å². The van der Waals surface area contributed by atoms with Gasteiger partial charge in [0.25, 0.3) is 5.91 Å². The normalized spacial score (nSPS) is 18.8. The van der Waals surface area contributed by atoms with Gasteiger partial charge < -0.3 is 5.32 Å². The van der Waals surface area contributed by atoms with E-state index >= 15 is 0 Å². The molecular weight excluding hydrogens is 366 g/mol. The minimum atomic E-state index is -0.0773. The summed E-state index contributed by atoms with van der Waals surface area (Å²) in [5.74, 6) is 0.0748. The number of carbonyl (C=O) groups excluding carboxylic acids is 1. The van der Waals surface area contributed by atoms with Crippen LogP contribution in [0.4, 0.5) is 0 Å². The summed E-state index contributed by atoms with van der Waals surface area (Å²) in [5.41, 5.74) is 4.10. The van der Waals surface area contributed by atoms with Crippen LogP contribution in [0.5, 0.6) is 0 Å². The molecule has 0 radical (unpaired) electrons. The fraction of sp³-hybridized carbons (Fsp3) is 0.478. The number of fused-ring (bicyclic) bond motifs is 1. The van der Waals surface area contributed by atoms with Crippen molar-refractivity contribution >= 4 is 17.2 Å². The van der Waals surface area contributed by atoms with Gasteiger partial charge in [-0.1, -0.05) is 25.3 Å². The molecule has 0 unspecified atom stereocenters. The van der Waals surface area contributed by atoms with Crippen LogP contribution in [0.25, 0.3) is 0 Å². The fourth-order valence-corrected chi connectivity index (χ4v) is 5.26. The van der Waals surface area contributed by atoms with Gasteiger partial charge in [-0.15, -0.1) is 0 Å². The second kappa shape index (κ2) is 8.46. The molecule has 1 saturated carbocycles. The molecule has 2 heterocycles. The minimum Gasteiger partial charge on any atom is -0.347 e.